The molecule has 27 heavy (non-hydrogen) atoms. The normalized spacial score (nSPS) is 12.2. The quantitative estimate of drug-likeness (QED) is 0.617. The van der Waals surface area contributed by atoms with E-state index in [0.29, 0.717) is 11.3 Å². The van der Waals surface area contributed by atoms with Gasteiger partial charge in [-0.05, 0) is 17.7 Å². The summed E-state index contributed by atoms with van der Waals surface area (Å²) >= 11 is 0. The molecule has 0 aliphatic rings. The van der Waals surface area contributed by atoms with Crippen molar-refractivity contribution in [1.29, 1.82) is 0 Å². The zero-order valence-corrected chi connectivity index (χ0v) is 14.1. The number of halogens is 5. The van der Waals surface area contributed by atoms with Gasteiger partial charge in [-0.15, -0.1) is 0 Å². The van der Waals surface area contributed by atoms with E-state index < -0.39 is 39.1 Å². The predicted molar refractivity (Wildman–Crippen MR) is 88.4 cm³/mol. The number of alkyl halides is 3. The SMILES string of the molecule is O=S(=O)(Nc1cc(F)c(C(F)(F)F)cc1F)c1c[nH]c(-c2ccccc2)c1. The zero-order valence-electron chi connectivity index (χ0n) is 13.3. The Morgan fingerprint density at radius 3 is 2.22 bits per heavy atom. The maximum absolute atomic E-state index is 13.9. The largest absolute Gasteiger partial charge is 0.419 e. The molecule has 0 atom stereocenters. The Bertz CT molecular complexity index is 1080. The Balaban J connectivity index is 1.92. The van der Waals surface area contributed by atoms with Crippen molar-refractivity contribution in [3.8, 4) is 11.3 Å². The molecule has 3 rings (SSSR count). The summed E-state index contributed by atoms with van der Waals surface area (Å²) in [6, 6.07) is 10.0. The number of hydrogen-bond donors (Lipinski definition) is 2. The van der Waals surface area contributed by atoms with Gasteiger partial charge in [0.05, 0.1) is 11.3 Å². The molecule has 10 heteroatoms. The number of benzene rings is 2. The van der Waals surface area contributed by atoms with Crippen LogP contribution in [0.4, 0.5) is 27.6 Å². The first-order chi connectivity index (χ1) is 12.6. The minimum absolute atomic E-state index is 0.0975. The lowest BCUT2D eigenvalue weighted by Gasteiger charge is -2.12. The standard InChI is InChI=1S/C17H11F5N2O2S/c18-13-8-16(14(19)7-12(13)17(20,21)22)24-27(25,26)11-6-15(23-9-11)10-4-2-1-3-5-10/h1-9,23-24H. The van der Waals surface area contributed by atoms with Crippen molar-refractivity contribution in [3.05, 3.63) is 71.9 Å². The maximum atomic E-state index is 13.9. The summed E-state index contributed by atoms with van der Waals surface area (Å²) in [7, 11) is -4.36. The molecule has 2 N–H and O–H groups in total. The monoisotopic (exact) mass is 402 g/mol. The van der Waals surface area contributed by atoms with E-state index in [-0.39, 0.29) is 17.0 Å². The molecule has 2 aromatic carbocycles. The van der Waals surface area contributed by atoms with Gasteiger partial charge in [-0.3, -0.25) is 4.72 Å². The van der Waals surface area contributed by atoms with E-state index >= 15 is 0 Å². The van der Waals surface area contributed by atoms with E-state index in [1.54, 1.807) is 35.1 Å². The van der Waals surface area contributed by atoms with Crippen LogP contribution >= 0.6 is 0 Å². The van der Waals surface area contributed by atoms with Crippen LogP contribution in [0.15, 0.2) is 59.6 Å². The van der Waals surface area contributed by atoms with Crippen molar-refractivity contribution in [3.63, 3.8) is 0 Å². The number of anilines is 1. The second-order valence-electron chi connectivity index (χ2n) is 5.53. The Morgan fingerprint density at radius 2 is 1.59 bits per heavy atom. The van der Waals surface area contributed by atoms with E-state index in [2.05, 4.69) is 4.98 Å². The number of rotatable bonds is 4. The van der Waals surface area contributed by atoms with Crippen molar-refractivity contribution in [2.75, 3.05) is 4.72 Å². The molecule has 0 saturated heterocycles. The third kappa shape index (κ3) is 3.95. The molecule has 1 heterocycles. The average molecular weight is 402 g/mol. The van der Waals surface area contributed by atoms with Crippen LogP contribution in [0.2, 0.25) is 0 Å². The van der Waals surface area contributed by atoms with Crippen LogP contribution in [0, 0.1) is 11.6 Å². The van der Waals surface area contributed by atoms with Crippen LogP contribution in [-0.2, 0) is 16.2 Å². The highest BCUT2D eigenvalue weighted by atomic mass is 32.2. The summed E-state index contributed by atoms with van der Waals surface area (Å²) in [6.45, 7) is 0. The molecule has 0 radical (unpaired) electrons. The highest BCUT2D eigenvalue weighted by Gasteiger charge is 2.35. The lowest BCUT2D eigenvalue weighted by atomic mass is 10.2. The fourth-order valence-corrected chi connectivity index (χ4v) is 3.41. The Morgan fingerprint density at radius 1 is 0.926 bits per heavy atom. The van der Waals surface area contributed by atoms with E-state index in [0.717, 1.165) is 6.20 Å². The molecular formula is C17H11F5N2O2S. The summed E-state index contributed by atoms with van der Waals surface area (Å²) in [6.07, 6.45) is -3.98. The number of aromatic amines is 1. The lowest BCUT2D eigenvalue weighted by Crippen LogP contribution is -2.15. The topological polar surface area (TPSA) is 62.0 Å². The molecule has 1 aromatic heterocycles. The molecule has 0 bridgehead atoms. The van der Waals surface area contributed by atoms with Crippen LogP contribution in [0.1, 0.15) is 5.56 Å². The van der Waals surface area contributed by atoms with E-state index in [1.165, 1.54) is 6.07 Å². The van der Waals surface area contributed by atoms with Gasteiger partial charge < -0.3 is 4.98 Å². The molecule has 0 saturated carbocycles. The molecule has 4 nitrogen and oxygen atoms in total. The van der Waals surface area contributed by atoms with Crippen LogP contribution in [-0.4, -0.2) is 13.4 Å². The molecule has 0 spiro atoms. The summed E-state index contributed by atoms with van der Waals surface area (Å²) in [5, 5.41) is 0. The van der Waals surface area contributed by atoms with E-state index in [9.17, 15) is 30.4 Å². The molecule has 0 fully saturated rings. The van der Waals surface area contributed by atoms with Crippen molar-refractivity contribution >= 4 is 15.7 Å². The first kappa shape index (κ1) is 18.9. The van der Waals surface area contributed by atoms with Gasteiger partial charge in [-0.25, -0.2) is 17.2 Å². The van der Waals surface area contributed by atoms with E-state index in [4.69, 9.17) is 0 Å². The summed E-state index contributed by atoms with van der Waals surface area (Å²) < 4.78 is 91.7. The van der Waals surface area contributed by atoms with Crippen molar-refractivity contribution in [2.45, 2.75) is 11.1 Å². The molecule has 142 valence electrons. The number of H-pyrrole nitrogens is 1. The highest BCUT2D eigenvalue weighted by Crippen LogP contribution is 2.34. The third-order valence-electron chi connectivity index (χ3n) is 3.66. The molecule has 0 aliphatic carbocycles. The van der Waals surface area contributed by atoms with Gasteiger partial charge in [0, 0.05) is 18.0 Å². The second kappa shape index (κ2) is 6.69. The number of aromatic nitrogens is 1. The second-order valence-corrected chi connectivity index (χ2v) is 7.21. The average Bonchev–Trinajstić information content (AvgIpc) is 3.08. The first-order valence-corrected chi connectivity index (χ1v) is 8.89. The number of hydrogen-bond acceptors (Lipinski definition) is 2. The van der Waals surface area contributed by atoms with Crippen molar-refractivity contribution in [2.24, 2.45) is 0 Å². The van der Waals surface area contributed by atoms with Gasteiger partial charge in [-0.2, -0.15) is 13.2 Å². The smallest absolute Gasteiger partial charge is 0.360 e. The van der Waals surface area contributed by atoms with Crippen LogP contribution < -0.4 is 4.72 Å². The Kier molecular flexibility index (Phi) is 4.68. The van der Waals surface area contributed by atoms with Crippen molar-refractivity contribution < 1.29 is 30.4 Å². The van der Waals surface area contributed by atoms with Crippen LogP contribution in [0.3, 0.4) is 0 Å². The Labute approximate surface area is 150 Å². The van der Waals surface area contributed by atoms with E-state index in [1.807, 2.05) is 0 Å². The summed E-state index contributed by atoms with van der Waals surface area (Å²) in [5.41, 5.74) is -1.61. The zero-order chi connectivity index (χ0) is 19.8. The number of sulfonamides is 1. The van der Waals surface area contributed by atoms with Gasteiger partial charge >= 0.3 is 6.18 Å². The van der Waals surface area contributed by atoms with Gasteiger partial charge in [0.15, 0.2) is 0 Å². The molecular weight excluding hydrogens is 391 g/mol. The summed E-state index contributed by atoms with van der Waals surface area (Å²) in [4.78, 5) is 2.44. The van der Waals surface area contributed by atoms with Gasteiger partial charge in [-0.1, -0.05) is 30.3 Å². The minimum Gasteiger partial charge on any atom is -0.360 e. The third-order valence-corrected chi connectivity index (χ3v) is 5.00. The van der Waals surface area contributed by atoms with Crippen LogP contribution in [0.25, 0.3) is 11.3 Å². The lowest BCUT2D eigenvalue weighted by molar-refractivity contribution is -0.140. The molecule has 0 amide bonds. The molecule has 3 aromatic rings. The number of nitrogens with one attached hydrogen (secondary N) is 2. The predicted octanol–water partition coefficient (Wildman–Crippen LogP) is 4.78. The minimum atomic E-state index is -5.10. The fraction of sp³-hybridized carbons (Fsp3) is 0.0588. The first-order valence-electron chi connectivity index (χ1n) is 7.41. The highest BCUT2D eigenvalue weighted by molar-refractivity contribution is 7.92. The van der Waals surface area contributed by atoms with Gasteiger partial charge in [0.2, 0.25) is 0 Å². The van der Waals surface area contributed by atoms with Crippen molar-refractivity contribution in [1.82, 2.24) is 4.98 Å². The van der Waals surface area contributed by atoms with Gasteiger partial charge in [0.25, 0.3) is 10.0 Å². The van der Waals surface area contributed by atoms with Gasteiger partial charge in [0.1, 0.15) is 16.5 Å². The Hall–Kier alpha value is -2.88. The summed E-state index contributed by atoms with van der Waals surface area (Å²) in [5.74, 6) is -3.34. The molecule has 0 aliphatic heterocycles. The maximum Gasteiger partial charge on any atom is 0.419 e. The fourth-order valence-electron chi connectivity index (χ4n) is 2.36. The van der Waals surface area contributed by atoms with Crippen LogP contribution in [0.5, 0.6) is 0 Å². The molecule has 0 unspecified atom stereocenters.